The van der Waals surface area contributed by atoms with Crippen LogP contribution in [0.4, 0.5) is 0 Å². The zero-order chi connectivity index (χ0) is 13.0. The lowest BCUT2D eigenvalue weighted by atomic mass is 9.85. The summed E-state index contributed by atoms with van der Waals surface area (Å²) >= 11 is 0. The van der Waals surface area contributed by atoms with Crippen molar-refractivity contribution in [2.45, 2.75) is 25.4 Å². The molecule has 1 atom stereocenters. The molecule has 1 heterocycles. The lowest BCUT2D eigenvalue weighted by Gasteiger charge is -2.34. The largest absolute Gasteiger partial charge is 0.326 e. The smallest absolute Gasteiger partial charge is 0.0347 e. The van der Waals surface area contributed by atoms with Gasteiger partial charge in [-0.05, 0) is 57.1 Å². The van der Waals surface area contributed by atoms with Gasteiger partial charge in [0.15, 0.2) is 0 Å². The molecule has 0 aromatic heterocycles. The normalized spacial score (nSPS) is 19.9. The molecule has 100 valence electrons. The number of piperidine rings is 1. The average molecular weight is 247 g/mol. The van der Waals surface area contributed by atoms with Crippen molar-refractivity contribution in [2.75, 3.05) is 27.2 Å². The Balaban J connectivity index is 2.11. The van der Waals surface area contributed by atoms with Crippen molar-refractivity contribution in [3.8, 4) is 0 Å². The van der Waals surface area contributed by atoms with E-state index < -0.39 is 0 Å². The fourth-order valence-corrected chi connectivity index (χ4v) is 2.95. The summed E-state index contributed by atoms with van der Waals surface area (Å²) in [5, 5.41) is 3.49. The van der Waals surface area contributed by atoms with E-state index in [1.807, 2.05) is 0 Å². The molecule has 3 N–H and O–H groups in total. The highest BCUT2D eigenvalue weighted by Gasteiger charge is 2.25. The maximum atomic E-state index is 5.73. The van der Waals surface area contributed by atoms with Crippen LogP contribution in [-0.2, 0) is 6.54 Å². The van der Waals surface area contributed by atoms with E-state index in [9.17, 15) is 0 Å². The Morgan fingerprint density at radius 2 is 2.11 bits per heavy atom. The first kappa shape index (κ1) is 13.5. The minimum Gasteiger partial charge on any atom is -0.326 e. The van der Waals surface area contributed by atoms with Crippen molar-refractivity contribution in [1.29, 1.82) is 0 Å². The lowest BCUT2D eigenvalue weighted by molar-refractivity contribution is 0.188. The number of hydrogen-bond donors (Lipinski definition) is 2. The molecule has 0 saturated carbocycles. The van der Waals surface area contributed by atoms with E-state index in [-0.39, 0.29) is 0 Å². The van der Waals surface area contributed by atoms with E-state index in [1.54, 1.807) is 0 Å². The Kier molecular flexibility index (Phi) is 4.75. The van der Waals surface area contributed by atoms with E-state index in [1.165, 1.54) is 37.1 Å². The third-order valence-electron chi connectivity index (χ3n) is 4.09. The van der Waals surface area contributed by atoms with Crippen LogP contribution in [0.25, 0.3) is 0 Å². The summed E-state index contributed by atoms with van der Waals surface area (Å²) in [6.07, 6.45) is 2.55. The van der Waals surface area contributed by atoms with Gasteiger partial charge in [0, 0.05) is 12.6 Å². The van der Waals surface area contributed by atoms with Crippen molar-refractivity contribution >= 4 is 0 Å². The second kappa shape index (κ2) is 6.32. The van der Waals surface area contributed by atoms with E-state index in [0.29, 0.717) is 12.6 Å². The summed E-state index contributed by atoms with van der Waals surface area (Å²) in [7, 11) is 4.28. The third-order valence-corrected chi connectivity index (χ3v) is 4.09. The first-order valence-electron chi connectivity index (χ1n) is 6.89. The predicted octanol–water partition coefficient (Wildman–Crippen LogP) is 1.75. The second-order valence-corrected chi connectivity index (χ2v) is 5.36. The molecule has 0 aliphatic carbocycles. The number of benzene rings is 1. The van der Waals surface area contributed by atoms with Crippen molar-refractivity contribution in [3.63, 3.8) is 0 Å². The summed E-state index contributed by atoms with van der Waals surface area (Å²) in [5.74, 6) is 0.735. The average Bonchev–Trinajstić information content (AvgIpc) is 2.42. The highest BCUT2D eigenvalue weighted by Crippen LogP contribution is 2.30. The van der Waals surface area contributed by atoms with E-state index in [2.05, 4.69) is 48.6 Å². The van der Waals surface area contributed by atoms with Gasteiger partial charge in [-0.25, -0.2) is 0 Å². The molecule has 1 fully saturated rings. The Bertz CT molecular complexity index is 370. The molecular formula is C15H25N3. The standard InChI is InChI=1S/C15H25N3/c1-17-15(13-6-8-18(2)9-7-13)14-5-3-4-12(10-14)11-16/h3-5,10,13,15,17H,6-9,11,16H2,1-2H3. The van der Waals surface area contributed by atoms with Gasteiger partial charge in [-0.3, -0.25) is 0 Å². The molecule has 3 nitrogen and oxygen atoms in total. The minimum absolute atomic E-state index is 0.463. The van der Waals surface area contributed by atoms with Gasteiger partial charge in [0.25, 0.3) is 0 Å². The number of nitrogens with zero attached hydrogens (tertiary/aromatic N) is 1. The highest BCUT2D eigenvalue weighted by molar-refractivity contribution is 5.26. The summed E-state index contributed by atoms with van der Waals surface area (Å²) in [4.78, 5) is 2.42. The fourth-order valence-electron chi connectivity index (χ4n) is 2.95. The molecule has 1 aromatic carbocycles. The quantitative estimate of drug-likeness (QED) is 0.851. The number of likely N-dealkylation sites (tertiary alicyclic amines) is 1. The molecule has 0 amide bonds. The highest BCUT2D eigenvalue weighted by atomic mass is 15.1. The molecule has 1 saturated heterocycles. The Labute approximate surface area is 110 Å². The summed E-state index contributed by atoms with van der Waals surface area (Å²) in [6, 6.07) is 9.16. The molecule has 2 rings (SSSR count). The lowest BCUT2D eigenvalue weighted by Crippen LogP contribution is -2.36. The van der Waals surface area contributed by atoms with Gasteiger partial charge in [-0.2, -0.15) is 0 Å². The fraction of sp³-hybridized carbons (Fsp3) is 0.600. The molecule has 1 aromatic rings. The maximum Gasteiger partial charge on any atom is 0.0347 e. The molecular weight excluding hydrogens is 222 g/mol. The van der Waals surface area contributed by atoms with Crippen molar-refractivity contribution < 1.29 is 0 Å². The van der Waals surface area contributed by atoms with E-state index >= 15 is 0 Å². The van der Waals surface area contributed by atoms with E-state index in [0.717, 1.165) is 5.92 Å². The molecule has 3 heteroatoms. The van der Waals surface area contributed by atoms with Crippen molar-refractivity contribution in [1.82, 2.24) is 10.2 Å². The molecule has 1 aliphatic heterocycles. The van der Waals surface area contributed by atoms with Gasteiger partial charge in [-0.15, -0.1) is 0 Å². The van der Waals surface area contributed by atoms with Crippen LogP contribution >= 0.6 is 0 Å². The molecule has 1 unspecified atom stereocenters. The van der Waals surface area contributed by atoms with Crippen LogP contribution in [0.15, 0.2) is 24.3 Å². The first-order valence-corrected chi connectivity index (χ1v) is 6.89. The summed E-state index contributed by atoms with van der Waals surface area (Å²) in [6.45, 7) is 3.04. The molecule has 1 aliphatic rings. The van der Waals surface area contributed by atoms with Crippen molar-refractivity contribution in [2.24, 2.45) is 11.7 Å². The van der Waals surface area contributed by atoms with E-state index in [4.69, 9.17) is 5.73 Å². The van der Waals surface area contributed by atoms with Gasteiger partial charge in [-0.1, -0.05) is 24.3 Å². The molecule has 0 spiro atoms. The zero-order valence-corrected chi connectivity index (χ0v) is 11.5. The predicted molar refractivity (Wildman–Crippen MR) is 76.4 cm³/mol. The minimum atomic E-state index is 0.463. The molecule has 0 bridgehead atoms. The zero-order valence-electron chi connectivity index (χ0n) is 11.5. The number of nitrogens with two attached hydrogens (primary N) is 1. The Morgan fingerprint density at radius 1 is 1.39 bits per heavy atom. The van der Waals surface area contributed by atoms with Crippen LogP contribution in [0.5, 0.6) is 0 Å². The van der Waals surface area contributed by atoms with Gasteiger partial charge >= 0.3 is 0 Å². The Hall–Kier alpha value is -0.900. The van der Waals surface area contributed by atoms with Gasteiger partial charge in [0.2, 0.25) is 0 Å². The number of hydrogen-bond acceptors (Lipinski definition) is 3. The van der Waals surface area contributed by atoms with Crippen LogP contribution in [-0.4, -0.2) is 32.1 Å². The second-order valence-electron chi connectivity index (χ2n) is 5.36. The first-order chi connectivity index (χ1) is 8.74. The van der Waals surface area contributed by atoms with Crippen LogP contribution in [0.3, 0.4) is 0 Å². The van der Waals surface area contributed by atoms with Crippen LogP contribution < -0.4 is 11.1 Å². The summed E-state index contributed by atoms with van der Waals surface area (Å²) in [5.41, 5.74) is 8.34. The monoisotopic (exact) mass is 247 g/mol. The van der Waals surface area contributed by atoms with Crippen molar-refractivity contribution in [3.05, 3.63) is 35.4 Å². The Morgan fingerprint density at radius 3 is 2.72 bits per heavy atom. The summed E-state index contributed by atoms with van der Waals surface area (Å²) < 4.78 is 0. The molecule has 0 radical (unpaired) electrons. The topological polar surface area (TPSA) is 41.3 Å². The third kappa shape index (κ3) is 3.10. The number of nitrogens with one attached hydrogen (secondary N) is 1. The van der Waals surface area contributed by atoms with Gasteiger partial charge in [0.1, 0.15) is 0 Å². The maximum absolute atomic E-state index is 5.73. The van der Waals surface area contributed by atoms with Crippen LogP contribution in [0.2, 0.25) is 0 Å². The van der Waals surface area contributed by atoms with Gasteiger partial charge in [0.05, 0.1) is 0 Å². The van der Waals surface area contributed by atoms with Crippen LogP contribution in [0, 0.1) is 5.92 Å². The van der Waals surface area contributed by atoms with Crippen LogP contribution in [0.1, 0.15) is 30.0 Å². The number of rotatable bonds is 4. The SMILES string of the molecule is CNC(c1cccc(CN)c1)C1CCN(C)CC1. The van der Waals surface area contributed by atoms with Gasteiger partial charge < -0.3 is 16.0 Å². The molecule has 18 heavy (non-hydrogen) atoms.